The Morgan fingerprint density at radius 1 is 1.38 bits per heavy atom. The van der Waals surface area contributed by atoms with Crippen molar-refractivity contribution in [2.75, 3.05) is 20.3 Å². The van der Waals surface area contributed by atoms with Crippen LogP contribution in [-0.4, -0.2) is 56.5 Å². The van der Waals surface area contributed by atoms with Crippen LogP contribution in [0.4, 0.5) is 0 Å². The highest BCUT2D eigenvalue weighted by Crippen LogP contribution is 2.29. The molecule has 1 fully saturated rings. The lowest BCUT2D eigenvalue weighted by molar-refractivity contribution is -0.142. The van der Waals surface area contributed by atoms with E-state index in [4.69, 9.17) is 4.74 Å². The van der Waals surface area contributed by atoms with Crippen LogP contribution in [0, 0.1) is 5.92 Å². The van der Waals surface area contributed by atoms with Crippen molar-refractivity contribution in [1.82, 2.24) is 4.90 Å². The second-order valence-electron chi connectivity index (χ2n) is 5.05. The summed E-state index contributed by atoms with van der Waals surface area (Å²) in [6.45, 7) is 0.348. The molecule has 0 aliphatic carbocycles. The highest BCUT2D eigenvalue weighted by molar-refractivity contribution is 7.90. The zero-order chi connectivity index (χ0) is 15.2. The summed E-state index contributed by atoms with van der Waals surface area (Å²) in [5, 5.41) is 9.21. The molecule has 2 unspecified atom stereocenters. The van der Waals surface area contributed by atoms with E-state index in [1.54, 1.807) is 30.1 Å². The van der Waals surface area contributed by atoms with Gasteiger partial charge in [-0.3, -0.25) is 4.79 Å². The number of carboxylic acid groups (broad SMARTS) is 1. The van der Waals surface area contributed by atoms with Crippen LogP contribution in [-0.2, 0) is 19.6 Å². The molecule has 2 atom stereocenters. The third kappa shape index (κ3) is 2.20. The Labute approximate surface area is 121 Å². The maximum atomic E-state index is 12.0. The molecule has 0 amide bonds. The smallest absolute Gasteiger partial charge is 0.311 e. The number of carbonyl (C=O) groups is 1. The largest absolute Gasteiger partial charge is 0.481 e. The number of nitrogens with zero attached hydrogens (tertiary/aromatic N) is 2. The van der Waals surface area contributed by atoms with E-state index >= 15 is 0 Å². The summed E-state index contributed by atoms with van der Waals surface area (Å²) < 4.78 is 33.1. The molecule has 21 heavy (non-hydrogen) atoms. The molecule has 2 aliphatic rings. The lowest BCUT2D eigenvalue weighted by Crippen LogP contribution is -2.44. The number of likely N-dealkylation sites (N-methyl/N-ethyl adjacent to an activating group) is 1. The van der Waals surface area contributed by atoms with E-state index in [0.29, 0.717) is 5.56 Å². The average molecular weight is 310 g/mol. The zero-order valence-corrected chi connectivity index (χ0v) is 12.1. The number of rotatable bonds is 2. The molecule has 1 N–H and O–H groups in total. The van der Waals surface area contributed by atoms with Crippen LogP contribution in [0.25, 0.3) is 0 Å². The van der Waals surface area contributed by atoms with Gasteiger partial charge in [0.25, 0.3) is 10.0 Å². The molecule has 1 aromatic rings. The highest BCUT2D eigenvalue weighted by atomic mass is 32.2. The molecule has 2 heterocycles. The van der Waals surface area contributed by atoms with Gasteiger partial charge in [0, 0.05) is 12.6 Å². The maximum absolute atomic E-state index is 12.0. The predicted molar refractivity (Wildman–Crippen MR) is 73.7 cm³/mol. The first kappa shape index (κ1) is 14.0. The van der Waals surface area contributed by atoms with Crippen molar-refractivity contribution in [1.29, 1.82) is 0 Å². The van der Waals surface area contributed by atoms with Crippen molar-refractivity contribution in [2.45, 2.75) is 10.9 Å². The fourth-order valence-electron chi connectivity index (χ4n) is 2.66. The molecule has 1 aromatic carbocycles. The number of hydrogen-bond donors (Lipinski definition) is 1. The number of sulfonamides is 1. The highest BCUT2D eigenvalue weighted by Gasteiger charge is 2.40. The van der Waals surface area contributed by atoms with E-state index in [1.165, 1.54) is 6.07 Å². The molecule has 112 valence electrons. The topological polar surface area (TPSA) is 96.3 Å². The maximum Gasteiger partial charge on any atom is 0.311 e. The summed E-state index contributed by atoms with van der Waals surface area (Å²) in [5.41, 5.74) is 0.496. The number of ether oxygens (including phenoxy) is 1. The molecule has 3 rings (SSSR count). The van der Waals surface area contributed by atoms with Crippen molar-refractivity contribution in [3.05, 3.63) is 29.8 Å². The fourth-order valence-corrected chi connectivity index (χ4v) is 3.90. The minimum absolute atomic E-state index is 0.117. The Bertz CT molecular complexity index is 728. The van der Waals surface area contributed by atoms with Crippen LogP contribution in [0.1, 0.15) is 5.56 Å². The lowest BCUT2D eigenvalue weighted by atomic mass is 10.0. The molecule has 0 radical (unpaired) electrons. The fraction of sp³-hybridized carbons (Fsp3) is 0.385. The molecule has 7 nitrogen and oxygen atoms in total. The van der Waals surface area contributed by atoms with E-state index in [2.05, 4.69) is 4.40 Å². The Morgan fingerprint density at radius 3 is 2.81 bits per heavy atom. The molecular weight excluding hydrogens is 296 g/mol. The predicted octanol–water partition coefficient (Wildman–Crippen LogP) is 0.167. The first-order valence-electron chi connectivity index (χ1n) is 6.39. The number of aliphatic carboxylic acids is 1. The molecule has 8 heteroatoms. The van der Waals surface area contributed by atoms with E-state index in [1.807, 2.05) is 0 Å². The van der Waals surface area contributed by atoms with Gasteiger partial charge in [0.2, 0.25) is 0 Å². The Hall–Kier alpha value is -1.93. The minimum atomic E-state index is -3.71. The summed E-state index contributed by atoms with van der Waals surface area (Å²) >= 11 is 0. The van der Waals surface area contributed by atoms with Gasteiger partial charge in [0.05, 0.1) is 19.3 Å². The van der Waals surface area contributed by atoms with Gasteiger partial charge in [-0.1, -0.05) is 12.1 Å². The normalized spacial score (nSPS) is 26.2. The van der Waals surface area contributed by atoms with Crippen LogP contribution in [0.5, 0.6) is 0 Å². The SMILES string of the molecule is CN(C1=NS(=O)(=O)c2ccccc21)C1COCC1C(=O)O. The lowest BCUT2D eigenvalue weighted by Gasteiger charge is -2.27. The molecular formula is C13H14N2O5S. The number of fused-ring (bicyclic) bond motifs is 1. The van der Waals surface area contributed by atoms with Crippen molar-refractivity contribution >= 4 is 21.8 Å². The standard InChI is InChI=1S/C13H14N2O5S/c1-15(10-7-20-6-9(10)13(16)17)12-8-4-2-3-5-11(8)21(18,19)14-12/h2-5,9-10H,6-7H2,1H3,(H,16,17). The summed E-state index contributed by atoms with van der Waals surface area (Å²) in [5.74, 6) is -1.39. The first-order chi connectivity index (χ1) is 9.92. The third-order valence-corrected chi connectivity index (χ3v) is 5.14. The van der Waals surface area contributed by atoms with Gasteiger partial charge >= 0.3 is 5.97 Å². The van der Waals surface area contributed by atoms with E-state index in [-0.39, 0.29) is 23.9 Å². The second-order valence-corrected chi connectivity index (χ2v) is 6.62. The summed E-state index contributed by atoms with van der Waals surface area (Å²) in [4.78, 5) is 13.0. The van der Waals surface area contributed by atoms with Crippen LogP contribution >= 0.6 is 0 Å². The molecule has 0 saturated carbocycles. The van der Waals surface area contributed by atoms with E-state index in [9.17, 15) is 18.3 Å². The van der Waals surface area contributed by atoms with Gasteiger partial charge < -0.3 is 14.7 Å². The van der Waals surface area contributed by atoms with Gasteiger partial charge in [-0.2, -0.15) is 8.42 Å². The van der Waals surface area contributed by atoms with Crippen LogP contribution in [0.3, 0.4) is 0 Å². The monoisotopic (exact) mass is 310 g/mol. The van der Waals surface area contributed by atoms with Crippen LogP contribution in [0.2, 0.25) is 0 Å². The molecule has 0 bridgehead atoms. The van der Waals surface area contributed by atoms with Crippen LogP contribution < -0.4 is 0 Å². The number of carboxylic acids is 1. The summed E-state index contributed by atoms with van der Waals surface area (Å²) in [6, 6.07) is 6.08. The van der Waals surface area contributed by atoms with Crippen LogP contribution in [0.15, 0.2) is 33.6 Å². The van der Waals surface area contributed by atoms with Gasteiger partial charge in [-0.05, 0) is 12.1 Å². The second kappa shape index (κ2) is 4.81. The quantitative estimate of drug-likeness (QED) is 0.836. The molecule has 0 aromatic heterocycles. The summed E-state index contributed by atoms with van der Waals surface area (Å²) in [7, 11) is -2.06. The zero-order valence-electron chi connectivity index (χ0n) is 11.3. The third-order valence-electron chi connectivity index (χ3n) is 3.81. The molecule has 0 spiro atoms. The number of amidine groups is 1. The molecule has 2 aliphatic heterocycles. The summed E-state index contributed by atoms with van der Waals surface area (Å²) in [6.07, 6.45) is 0. The van der Waals surface area contributed by atoms with Crippen molar-refractivity contribution < 1.29 is 23.1 Å². The van der Waals surface area contributed by atoms with Crippen molar-refractivity contribution in [3.8, 4) is 0 Å². The van der Waals surface area contributed by atoms with Crippen molar-refractivity contribution in [2.24, 2.45) is 10.3 Å². The Morgan fingerprint density at radius 2 is 2.10 bits per heavy atom. The Kier molecular flexibility index (Phi) is 3.22. The number of benzene rings is 1. The number of hydrogen-bond acceptors (Lipinski definition) is 5. The van der Waals surface area contributed by atoms with Gasteiger partial charge in [-0.15, -0.1) is 4.40 Å². The average Bonchev–Trinajstić information content (AvgIpc) is 3.02. The minimum Gasteiger partial charge on any atom is -0.481 e. The van der Waals surface area contributed by atoms with E-state index in [0.717, 1.165) is 0 Å². The van der Waals surface area contributed by atoms with Gasteiger partial charge in [0.15, 0.2) is 5.84 Å². The van der Waals surface area contributed by atoms with Gasteiger partial charge in [-0.25, -0.2) is 0 Å². The van der Waals surface area contributed by atoms with Gasteiger partial charge in [0.1, 0.15) is 10.8 Å². The Balaban J connectivity index is 2.00. The molecule has 1 saturated heterocycles. The first-order valence-corrected chi connectivity index (χ1v) is 7.83. The van der Waals surface area contributed by atoms with Crippen molar-refractivity contribution in [3.63, 3.8) is 0 Å². The van der Waals surface area contributed by atoms with E-state index < -0.39 is 28.0 Å².